The summed E-state index contributed by atoms with van der Waals surface area (Å²) in [5.74, 6) is -1.02. The van der Waals surface area contributed by atoms with E-state index in [1.54, 1.807) is 6.07 Å². The Labute approximate surface area is 194 Å². The van der Waals surface area contributed by atoms with Crippen LogP contribution < -0.4 is 5.32 Å². The summed E-state index contributed by atoms with van der Waals surface area (Å²) in [7, 11) is 0. The molecule has 32 heavy (non-hydrogen) atoms. The lowest BCUT2D eigenvalue weighted by atomic mass is 9.83. The van der Waals surface area contributed by atoms with E-state index >= 15 is 0 Å². The van der Waals surface area contributed by atoms with E-state index in [1.165, 1.54) is 11.3 Å². The molecule has 1 aliphatic rings. The Morgan fingerprint density at radius 3 is 2.78 bits per heavy atom. The maximum Gasteiger partial charge on any atom is 0.348 e. The van der Waals surface area contributed by atoms with Crippen LogP contribution in [-0.4, -0.2) is 33.8 Å². The number of esters is 1. The number of nitrogens with zero attached hydrogens (tertiary/aromatic N) is 3. The zero-order valence-electron chi connectivity index (χ0n) is 17.7. The lowest BCUT2D eigenvalue weighted by Crippen LogP contribution is -2.50. The lowest BCUT2D eigenvalue weighted by molar-refractivity contribution is -0.125. The number of aromatic nitrogens is 2. The van der Waals surface area contributed by atoms with Crippen molar-refractivity contribution in [2.75, 3.05) is 6.61 Å². The van der Waals surface area contributed by atoms with Crippen molar-refractivity contribution >= 4 is 45.0 Å². The fourth-order valence-electron chi connectivity index (χ4n) is 4.03. The molecule has 0 unspecified atom stereocenters. The van der Waals surface area contributed by atoms with Gasteiger partial charge in [0.1, 0.15) is 15.2 Å². The van der Waals surface area contributed by atoms with E-state index in [9.17, 15) is 14.9 Å². The molecule has 7 nitrogen and oxygen atoms in total. The molecule has 2 aromatic heterocycles. The highest BCUT2D eigenvalue weighted by atomic mass is 35.5. The zero-order valence-corrected chi connectivity index (χ0v) is 19.3. The van der Waals surface area contributed by atoms with E-state index in [0.29, 0.717) is 29.3 Å². The lowest BCUT2D eigenvalue weighted by Gasteiger charge is -2.31. The van der Waals surface area contributed by atoms with Gasteiger partial charge in [-0.2, -0.15) is 10.4 Å². The van der Waals surface area contributed by atoms with E-state index in [1.807, 2.05) is 35.9 Å². The SMILES string of the molecule is Cc1nn(Cc2ccccc2Cl)c2sc(C(=O)OCC(=O)NC3(C#N)CCCCC3)cc12. The highest BCUT2D eigenvalue weighted by molar-refractivity contribution is 7.20. The Kier molecular flexibility index (Phi) is 6.49. The van der Waals surface area contributed by atoms with Gasteiger partial charge in [-0.25, -0.2) is 4.79 Å². The van der Waals surface area contributed by atoms with Crippen LogP contribution in [0.4, 0.5) is 0 Å². The average Bonchev–Trinajstić information content (AvgIpc) is 3.35. The number of thiophene rings is 1. The second kappa shape index (κ2) is 9.31. The maximum atomic E-state index is 12.6. The van der Waals surface area contributed by atoms with Crippen LogP contribution in [0.25, 0.3) is 10.2 Å². The van der Waals surface area contributed by atoms with Crippen molar-refractivity contribution in [3.8, 4) is 6.07 Å². The van der Waals surface area contributed by atoms with E-state index in [0.717, 1.165) is 40.7 Å². The van der Waals surface area contributed by atoms with Crippen LogP contribution in [0.2, 0.25) is 5.02 Å². The van der Waals surface area contributed by atoms with Crippen molar-refractivity contribution in [2.45, 2.75) is 51.1 Å². The van der Waals surface area contributed by atoms with E-state index < -0.39 is 24.0 Å². The van der Waals surface area contributed by atoms with Crippen molar-refractivity contribution in [1.29, 1.82) is 5.26 Å². The largest absolute Gasteiger partial charge is 0.451 e. The molecule has 0 atom stereocenters. The number of rotatable bonds is 6. The van der Waals surface area contributed by atoms with E-state index in [2.05, 4.69) is 16.5 Å². The van der Waals surface area contributed by atoms with Crippen LogP contribution in [-0.2, 0) is 16.1 Å². The van der Waals surface area contributed by atoms with Crippen LogP contribution >= 0.6 is 22.9 Å². The van der Waals surface area contributed by atoms with Gasteiger partial charge in [0.2, 0.25) is 0 Å². The molecule has 1 N–H and O–H groups in total. The molecule has 4 rings (SSSR count). The number of ether oxygens (including phenoxy) is 1. The summed E-state index contributed by atoms with van der Waals surface area (Å²) in [6, 6.07) is 11.5. The molecule has 2 heterocycles. The minimum absolute atomic E-state index is 0.397. The normalized spacial score (nSPS) is 15.3. The van der Waals surface area contributed by atoms with Crippen LogP contribution in [0.1, 0.15) is 53.0 Å². The molecule has 1 aliphatic carbocycles. The number of amides is 1. The molecule has 1 fully saturated rings. The van der Waals surface area contributed by atoms with Crippen molar-refractivity contribution in [3.63, 3.8) is 0 Å². The second-order valence-corrected chi connectivity index (χ2v) is 9.48. The van der Waals surface area contributed by atoms with Gasteiger partial charge in [0.15, 0.2) is 6.61 Å². The minimum atomic E-state index is -0.849. The maximum absolute atomic E-state index is 12.6. The van der Waals surface area contributed by atoms with Gasteiger partial charge in [0.25, 0.3) is 5.91 Å². The molecule has 1 amide bonds. The van der Waals surface area contributed by atoms with Gasteiger partial charge in [-0.15, -0.1) is 11.3 Å². The Morgan fingerprint density at radius 1 is 1.31 bits per heavy atom. The number of carbonyl (C=O) groups excluding carboxylic acids is 2. The Bertz CT molecular complexity index is 1200. The number of hydrogen-bond acceptors (Lipinski definition) is 6. The molecular weight excluding hydrogens is 448 g/mol. The number of aryl methyl sites for hydroxylation is 1. The van der Waals surface area contributed by atoms with Gasteiger partial charge in [-0.1, -0.05) is 49.1 Å². The second-order valence-electron chi connectivity index (χ2n) is 8.04. The van der Waals surface area contributed by atoms with Crippen molar-refractivity contribution in [3.05, 3.63) is 51.5 Å². The molecule has 0 spiro atoms. The summed E-state index contributed by atoms with van der Waals surface area (Å²) >= 11 is 7.55. The number of fused-ring (bicyclic) bond motifs is 1. The number of benzene rings is 1. The molecule has 1 saturated carbocycles. The first kappa shape index (κ1) is 22.3. The Hall–Kier alpha value is -2.89. The summed E-state index contributed by atoms with van der Waals surface area (Å²) in [6.45, 7) is 1.95. The first-order chi connectivity index (χ1) is 15.4. The third kappa shape index (κ3) is 4.64. The minimum Gasteiger partial charge on any atom is -0.451 e. The highest BCUT2D eigenvalue weighted by Crippen LogP contribution is 2.30. The van der Waals surface area contributed by atoms with Crippen molar-refractivity contribution < 1.29 is 14.3 Å². The zero-order chi connectivity index (χ0) is 22.7. The fourth-order valence-corrected chi connectivity index (χ4v) is 5.28. The van der Waals surface area contributed by atoms with Gasteiger partial charge in [0.05, 0.1) is 18.3 Å². The molecule has 9 heteroatoms. The Balaban J connectivity index is 1.43. The average molecular weight is 471 g/mol. The summed E-state index contributed by atoms with van der Waals surface area (Å²) < 4.78 is 7.06. The standard InChI is InChI=1S/C23H23ClN4O3S/c1-15-17-11-19(32-21(17)28(27-15)12-16-7-3-4-8-18(16)24)22(30)31-13-20(29)26-23(14-25)9-5-2-6-10-23/h3-4,7-8,11H,2,5-6,9-10,12-13H2,1H3,(H,26,29). The summed E-state index contributed by atoms with van der Waals surface area (Å²) in [5, 5.41) is 18.3. The first-order valence-corrected chi connectivity index (χ1v) is 11.7. The first-order valence-electron chi connectivity index (χ1n) is 10.5. The number of nitriles is 1. The Morgan fingerprint density at radius 2 is 2.06 bits per heavy atom. The van der Waals surface area contributed by atoms with E-state index in [4.69, 9.17) is 16.3 Å². The monoisotopic (exact) mass is 470 g/mol. The highest BCUT2D eigenvalue weighted by Gasteiger charge is 2.33. The summed E-state index contributed by atoms with van der Waals surface area (Å²) in [4.78, 5) is 26.1. The number of nitrogens with one attached hydrogen (secondary N) is 1. The molecule has 0 aliphatic heterocycles. The van der Waals surface area contributed by atoms with Crippen LogP contribution in [0, 0.1) is 18.3 Å². The molecule has 0 radical (unpaired) electrons. The predicted octanol–water partition coefficient (Wildman–Crippen LogP) is 4.61. The molecule has 1 aromatic carbocycles. The van der Waals surface area contributed by atoms with Gasteiger partial charge in [-0.05, 0) is 37.5 Å². The number of carbonyl (C=O) groups is 2. The quantitative estimate of drug-likeness (QED) is 0.530. The van der Waals surface area contributed by atoms with Crippen LogP contribution in [0.5, 0.6) is 0 Å². The summed E-state index contributed by atoms with van der Waals surface area (Å²) in [6.07, 6.45) is 4.12. The molecule has 0 saturated heterocycles. The molecule has 166 valence electrons. The van der Waals surface area contributed by atoms with Crippen molar-refractivity contribution in [2.24, 2.45) is 0 Å². The van der Waals surface area contributed by atoms with Gasteiger partial charge >= 0.3 is 5.97 Å². The third-order valence-corrected chi connectivity index (χ3v) is 7.22. The smallest absolute Gasteiger partial charge is 0.348 e. The van der Waals surface area contributed by atoms with Crippen LogP contribution in [0.3, 0.4) is 0 Å². The molecular formula is C23H23ClN4O3S. The van der Waals surface area contributed by atoms with E-state index in [-0.39, 0.29) is 0 Å². The topological polar surface area (TPSA) is 97.0 Å². The number of hydrogen-bond donors (Lipinski definition) is 1. The van der Waals surface area contributed by atoms with Gasteiger partial charge in [-0.3, -0.25) is 9.48 Å². The molecule has 3 aromatic rings. The molecule has 0 bridgehead atoms. The fraction of sp³-hybridized carbons (Fsp3) is 0.391. The van der Waals surface area contributed by atoms with Gasteiger partial charge in [0, 0.05) is 10.4 Å². The van der Waals surface area contributed by atoms with Crippen molar-refractivity contribution in [1.82, 2.24) is 15.1 Å². The number of halogens is 1. The third-order valence-electron chi connectivity index (χ3n) is 5.72. The van der Waals surface area contributed by atoms with Crippen LogP contribution in [0.15, 0.2) is 30.3 Å². The van der Waals surface area contributed by atoms with Gasteiger partial charge < -0.3 is 10.1 Å². The predicted molar refractivity (Wildman–Crippen MR) is 123 cm³/mol. The summed E-state index contributed by atoms with van der Waals surface area (Å²) in [5.41, 5.74) is 0.883.